The molecular weight excluding hydrogens is 172 g/mol. The Hall–Kier alpha value is -1.02. The standard InChI is InChI=1S/C12H18N2/c1-8-5-11(13)6-9(2)12(8)10-3-4-14-7-10/h5-6,10,14H,3-4,7,13H2,1-2H3. The number of nitrogens with one attached hydrogen (secondary N) is 1. The molecule has 1 aliphatic rings. The lowest BCUT2D eigenvalue weighted by molar-refractivity contribution is 0.751. The van der Waals surface area contributed by atoms with Crippen molar-refractivity contribution >= 4 is 5.69 Å². The van der Waals surface area contributed by atoms with E-state index in [-0.39, 0.29) is 0 Å². The lowest BCUT2D eigenvalue weighted by atomic mass is 9.90. The van der Waals surface area contributed by atoms with Crippen LogP contribution in [0.5, 0.6) is 0 Å². The molecular formula is C12H18N2. The van der Waals surface area contributed by atoms with E-state index in [0.717, 1.165) is 18.8 Å². The van der Waals surface area contributed by atoms with Crippen molar-refractivity contribution in [1.82, 2.24) is 5.32 Å². The first-order valence-electron chi connectivity index (χ1n) is 5.26. The molecule has 1 atom stereocenters. The van der Waals surface area contributed by atoms with Crippen molar-refractivity contribution in [2.75, 3.05) is 18.8 Å². The summed E-state index contributed by atoms with van der Waals surface area (Å²) < 4.78 is 0. The molecule has 3 N–H and O–H groups in total. The first kappa shape index (κ1) is 9.53. The van der Waals surface area contributed by atoms with E-state index in [4.69, 9.17) is 5.73 Å². The summed E-state index contributed by atoms with van der Waals surface area (Å²) in [6.45, 7) is 6.59. The predicted molar refractivity (Wildman–Crippen MR) is 60.6 cm³/mol. The van der Waals surface area contributed by atoms with E-state index in [0.29, 0.717) is 5.92 Å². The van der Waals surface area contributed by atoms with Gasteiger partial charge in [0.1, 0.15) is 0 Å². The van der Waals surface area contributed by atoms with E-state index < -0.39 is 0 Å². The van der Waals surface area contributed by atoms with Crippen LogP contribution in [0.1, 0.15) is 29.0 Å². The van der Waals surface area contributed by atoms with Gasteiger partial charge in [-0.05, 0) is 61.6 Å². The average molecular weight is 190 g/mol. The number of aryl methyl sites for hydroxylation is 2. The highest BCUT2D eigenvalue weighted by atomic mass is 14.9. The van der Waals surface area contributed by atoms with Crippen molar-refractivity contribution < 1.29 is 0 Å². The smallest absolute Gasteiger partial charge is 0.0319 e. The van der Waals surface area contributed by atoms with Gasteiger partial charge in [-0.15, -0.1) is 0 Å². The molecule has 0 bridgehead atoms. The van der Waals surface area contributed by atoms with E-state index in [1.54, 1.807) is 0 Å². The van der Waals surface area contributed by atoms with Gasteiger partial charge in [-0.25, -0.2) is 0 Å². The molecule has 14 heavy (non-hydrogen) atoms. The van der Waals surface area contributed by atoms with Crippen LogP contribution in [0.15, 0.2) is 12.1 Å². The van der Waals surface area contributed by atoms with Gasteiger partial charge in [0.25, 0.3) is 0 Å². The third kappa shape index (κ3) is 1.62. The van der Waals surface area contributed by atoms with Crippen LogP contribution in [-0.2, 0) is 0 Å². The minimum atomic E-state index is 0.690. The summed E-state index contributed by atoms with van der Waals surface area (Å²) in [5.74, 6) is 0.690. The normalized spacial score (nSPS) is 21.4. The van der Waals surface area contributed by atoms with Gasteiger partial charge < -0.3 is 11.1 Å². The van der Waals surface area contributed by atoms with Crippen LogP contribution >= 0.6 is 0 Å². The highest BCUT2D eigenvalue weighted by Gasteiger charge is 2.20. The van der Waals surface area contributed by atoms with E-state index in [1.165, 1.54) is 23.1 Å². The van der Waals surface area contributed by atoms with E-state index in [2.05, 4.69) is 31.3 Å². The van der Waals surface area contributed by atoms with Crippen LogP contribution in [0.2, 0.25) is 0 Å². The molecule has 2 rings (SSSR count). The van der Waals surface area contributed by atoms with Crippen molar-refractivity contribution in [3.05, 3.63) is 28.8 Å². The molecule has 1 aromatic carbocycles. The molecule has 0 radical (unpaired) electrons. The number of hydrogen-bond acceptors (Lipinski definition) is 2. The summed E-state index contributed by atoms with van der Waals surface area (Å²) in [4.78, 5) is 0. The summed E-state index contributed by atoms with van der Waals surface area (Å²) in [5.41, 5.74) is 10.9. The van der Waals surface area contributed by atoms with Gasteiger partial charge in [-0.2, -0.15) is 0 Å². The number of rotatable bonds is 1. The SMILES string of the molecule is Cc1cc(N)cc(C)c1C1CCNC1. The van der Waals surface area contributed by atoms with Gasteiger partial charge in [0, 0.05) is 12.2 Å². The molecule has 76 valence electrons. The van der Waals surface area contributed by atoms with Gasteiger partial charge in [-0.3, -0.25) is 0 Å². The van der Waals surface area contributed by atoms with Gasteiger partial charge in [0.05, 0.1) is 0 Å². The molecule has 0 aromatic heterocycles. The summed E-state index contributed by atoms with van der Waals surface area (Å²) in [7, 11) is 0. The monoisotopic (exact) mass is 190 g/mol. The molecule has 0 amide bonds. The fraction of sp³-hybridized carbons (Fsp3) is 0.500. The maximum absolute atomic E-state index is 5.81. The zero-order valence-corrected chi connectivity index (χ0v) is 8.93. The minimum Gasteiger partial charge on any atom is -0.399 e. The van der Waals surface area contributed by atoms with Crippen LogP contribution in [0.3, 0.4) is 0 Å². The molecule has 1 unspecified atom stereocenters. The number of nitrogens with two attached hydrogens (primary N) is 1. The predicted octanol–water partition coefficient (Wildman–Crippen LogP) is 1.96. The van der Waals surface area contributed by atoms with Gasteiger partial charge >= 0.3 is 0 Å². The van der Waals surface area contributed by atoms with Gasteiger partial charge in [0.15, 0.2) is 0 Å². The molecule has 1 fully saturated rings. The first-order chi connectivity index (χ1) is 6.68. The van der Waals surface area contributed by atoms with E-state index >= 15 is 0 Å². The number of hydrogen-bond donors (Lipinski definition) is 2. The maximum Gasteiger partial charge on any atom is 0.0319 e. The van der Waals surface area contributed by atoms with Crippen molar-refractivity contribution in [3.63, 3.8) is 0 Å². The lowest BCUT2D eigenvalue weighted by Gasteiger charge is -2.16. The second kappa shape index (κ2) is 3.62. The molecule has 1 aromatic rings. The lowest BCUT2D eigenvalue weighted by Crippen LogP contribution is -2.10. The maximum atomic E-state index is 5.81. The van der Waals surface area contributed by atoms with Gasteiger partial charge in [0.2, 0.25) is 0 Å². The molecule has 0 saturated carbocycles. The minimum absolute atomic E-state index is 0.690. The van der Waals surface area contributed by atoms with Gasteiger partial charge in [-0.1, -0.05) is 0 Å². The van der Waals surface area contributed by atoms with Crippen molar-refractivity contribution in [3.8, 4) is 0 Å². The third-order valence-electron chi connectivity index (χ3n) is 3.08. The van der Waals surface area contributed by atoms with Crippen molar-refractivity contribution in [2.45, 2.75) is 26.2 Å². The van der Waals surface area contributed by atoms with Crippen molar-refractivity contribution in [1.29, 1.82) is 0 Å². The Morgan fingerprint density at radius 2 is 1.93 bits per heavy atom. The highest BCUT2D eigenvalue weighted by Crippen LogP contribution is 2.29. The highest BCUT2D eigenvalue weighted by molar-refractivity contribution is 5.50. The van der Waals surface area contributed by atoms with Crippen LogP contribution < -0.4 is 11.1 Å². The Morgan fingerprint density at radius 3 is 2.43 bits per heavy atom. The summed E-state index contributed by atoms with van der Waals surface area (Å²) >= 11 is 0. The molecule has 2 heteroatoms. The molecule has 0 aliphatic carbocycles. The Balaban J connectivity index is 2.40. The molecule has 0 spiro atoms. The number of nitrogen functional groups attached to an aromatic ring is 1. The quantitative estimate of drug-likeness (QED) is 0.664. The third-order valence-corrected chi connectivity index (χ3v) is 3.08. The number of anilines is 1. The fourth-order valence-electron chi connectivity index (χ4n) is 2.55. The summed E-state index contributed by atoms with van der Waals surface area (Å²) in [6.07, 6.45) is 1.26. The Bertz CT molecular complexity index is 315. The molecule has 2 nitrogen and oxygen atoms in total. The second-order valence-electron chi connectivity index (χ2n) is 4.26. The van der Waals surface area contributed by atoms with Crippen LogP contribution in [0, 0.1) is 13.8 Å². The van der Waals surface area contributed by atoms with Crippen LogP contribution in [-0.4, -0.2) is 13.1 Å². The first-order valence-corrected chi connectivity index (χ1v) is 5.26. The van der Waals surface area contributed by atoms with E-state index in [9.17, 15) is 0 Å². The van der Waals surface area contributed by atoms with Crippen LogP contribution in [0.25, 0.3) is 0 Å². The summed E-state index contributed by atoms with van der Waals surface area (Å²) in [6, 6.07) is 4.17. The molecule has 1 saturated heterocycles. The zero-order chi connectivity index (χ0) is 10.1. The zero-order valence-electron chi connectivity index (χ0n) is 8.93. The van der Waals surface area contributed by atoms with Crippen molar-refractivity contribution in [2.24, 2.45) is 0 Å². The fourth-order valence-corrected chi connectivity index (χ4v) is 2.55. The topological polar surface area (TPSA) is 38.0 Å². The van der Waals surface area contributed by atoms with E-state index in [1.807, 2.05) is 0 Å². The summed E-state index contributed by atoms with van der Waals surface area (Å²) in [5, 5.41) is 3.41. The van der Waals surface area contributed by atoms with Crippen LogP contribution in [0.4, 0.5) is 5.69 Å². The second-order valence-corrected chi connectivity index (χ2v) is 4.26. The largest absolute Gasteiger partial charge is 0.399 e. The molecule has 1 heterocycles. The molecule has 1 aliphatic heterocycles. The number of benzene rings is 1. The Morgan fingerprint density at radius 1 is 1.29 bits per heavy atom. The Labute approximate surface area is 85.5 Å². The average Bonchev–Trinajstić information content (AvgIpc) is 2.54. The Kier molecular flexibility index (Phi) is 2.46.